The van der Waals surface area contributed by atoms with Gasteiger partial charge in [0.05, 0.1) is 12.2 Å². The van der Waals surface area contributed by atoms with Gasteiger partial charge >= 0.3 is 18.2 Å². The van der Waals surface area contributed by atoms with Gasteiger partial charge in [0, 0.05) is 11.4 Å². The van der Waals surface area contributed by atoms with Crippen molar-refractivity contribution in [3.8, 4) is 12.0 Å². The van der Waals surface area contributed by atoms with Gasteiger partial charge in [-0.25, -0.2) is 0 Å². The van der Waals surface area contributed by atoms with E-state index in [1.54, 1.807) is 37.3 Å². The third-order valence-electron chi connectivity index (χ3n) is 3.81. The van der Waals surface area contributed by atoms with Crippen LogP contribution in [0.25, 0.3) is 0 Å². The molecule has 1 aromatic heterocycles. The van der Waals surface area contributed by atoms with E-state index < -0.39 is 11.7 Å². The highest BCUT2D eigenvalue weighted by Crippen LogP contribution is 2.30. The summed E-state index contributed by atoms with van der Waals surface area (Å²) in [5.74, 6) is 0.244. The Balaban J connectivity index is 1.80. The molecule has 0 N–H and O–H groups in total. The quantitative estimate of drug-likeness (QED) is 0.528. The van der Waals surface area contributed by atoms with Gasteiger partial charge in [-0.2, -0.15) is 23.1 Å². The molecule has 3 rings (SSSR count). The predicted octanol–water partition coefficient (Wildman–Crippen LogP) is 5.11. The normalized spacial score (nSPS) is 11.3. The molecule has 0 aliphatic carbocycles. The number of halogens is 4. The van der Waals surface area contributed by atoms with Crippen molar-refractivity contribution in [2.24, 2.45) is 0 Å². The average molecular weight is 424 g/mol. The molecule has 152 valence electrons. The molecule has 0 radical (unpaired) electrons. The third kappa shape index (κ3) is 6.05. The van der Waals surface area contributed by atoms with E-state index in [-0.39, 0.29) is 30.9 Å². The maximum Gasteiger partial charge on any atom is 0.416 e. The van der Waals surface area contributed by atoms with E-state index in [0.717, 1.165) is 17.7 Å². The van der Waals surface area contributed by atoms with Gasteiger partial charge in [-0.05, 0) is 36.2 Å². The van der Waals surface area contributed by atoms with Crippen LogP contribution in [0.5, 0.6) is 12.0 Å². The fraction of sp³-hybridized carbons (Fsp3) is 0.250. The molecule has 0 aliphatic rings. The number of ether oxygens (including phenoxy) is 2. The Hall–Kier alpha value is -2.87. The summed E-state index contributed by atoms with van der Waals surface area (Å²) in [7, 11) is 0. The first-order valence-corrected chi connectivity index (χ1v) is 9.12. The smallest absolute Gasteiger partial charge is 0.416 e. The minimum Gasteiger partial charge on any atom is -0.464 e. The van der Waals surface area contributed by atoms with Gasteiger partial charge in [0.2, 0.25) is 0 Å². The van der Waals surface area contributed by atoms with Gasteiger partial charge in [-0.15, -0.1) is 4.98 Å². The van der Waals surface area contributed by atoms with E-state index in [4.69, 9.17) is 21.1 Å². The molecule has 0 fully saturated rings. The fourth-order valence-corrected chi connectivity index (χ4v) is 2.61. The van der Waals surface area contributed by atoms with Crippen molar-refractivity contribution < 1.29 is 22.6 Å². The standard InChI is InChI=1S/C20H17ClF3N3O2/c1-2-28-18-25-17(11-14-4-3-5-15(10-14)20(22,23)24)26-19(27-18)29-12-13-6-8-16(21)9-7-13/h3-10H,2,11-12H2,1H3. The molecule has 0 saturated heterocycles. The topological polar surface area (TPSA) is 57.1 Å². The summed E-state index contributed by atoms with van der Waals surface area (Å²) in [5, 5.41) is 0.607. The number of hydrogen-bond acceptors (Lipinski definition) is 5. The number of aromatic nitrogens is 3. The van der Waals surface area contributed by atoms with Crippen molar-refractivity contribution in [1.29, 1.82) is 0 Å². The Labute approximate surface area is 170 Å². The Morgan fingerprint density at radius 3 is 2.24 bits per heavy atom. The molecule has 0 unspecified atom stereocenters. The summed E-state index contributed by atoms with van der Waals surface area (Å²) >= 11 is 5.86. The maximum absolute atomic E-state index is 12.9. The highest BCUT2D eigenvalue weighted by atomic mass is 35.5. The van der Waals surface area contributed by atoms with Crippen LogP contribution >= 0.6 is 11.6 Å². The van der Waals surface area contributed by atoms with Crippen LogP contribution < -0.4 is 9.47 Å². The van der Waals surface area contributed by atoms with Gasteiger partial charge in [-0.1, -0.05) is 41.9 Å². The predicted molar refractivity (Wildman–Crippen MR) is 101 cm³/mol. The van der Waals surface area contributed by atoms with Gasteiger partial charge in [0.25, 0.3) is 0 Å². The molecule has 3 aromatic rings. The van der Waals surface area contributed by atoms with Crippen LogP contribution in [0, 0.1) is 0 Å². The first-order valence-electron chi connectivity index (χ1n) is 8.74. The summed E-state index contributed by atoms with van der Waals surface area (Å²) in [5.41, 5.74) is 0.539. The summed E-state index contributed by atoms with van der Waals surface area (Å²) < 4.78 is 49.7. The molecule has 5 nitrogen and oxygen atoms in total. The van der Waals surface area contributed by atoms with E-state index in [2.05, 4.69) is 15.0 Å². The van der Waals surface area contributed by atoms with Crippen LogP contribution in [0.2, 0.25) is 5.02 Å². The SMILES string of the molecule is CCOc1nc(Cc2cccc(C(F)(F)F)c2)nc(OCc2ccc(Cl)cc2)n1. The molecule has 0 amide bonds. The lowest BCUT2D eigenvalue weighted by Crippen LogP contribution is -2.09. The van der Waals surface area contributed by atoms with Gasteiger partial charge < -0.3 is 9.47 Å². The minimum atomic E-state index is -4.42. The zero-order valence-corrected chi connectivity index (χ0v) is 16.2. The van der Waals surface area contributed by atoms with Crippen molar-refractivity contribution in [3.63, 3.8) is 0 Å². The van der Waals surface area contributed by atoms with E-state index >= 15 is 0 Å². The first-order chi connectivity index (χ1) is 13.8. The molecule has 0 saturated carbocycles. The second-order valence-corrected chi connectivity index (χ2v) is 6.48. The first kappa shape index (κ1) is 20.9. The Bertz CT molecular complexity index is 966. The minimum absolute atomic E-state index is 0.0281. The van der Waals surface area contributed by atoms with Crippen molar-refractivity contribution in [1.82, 2.24) is 15.0 Å². The van der Waals surface area contributed by atoms with Crippen molar-refractivity contribution >= 4 is 11.6 Å². The molecule has 1 heterocycles. The lowest BCUT2D eigenvalue weighted by Gasteiger charge is -2.10. The second kappa shape index (κ2) is 9.09. The Kier molecular flexibility index (Phi) is 6.53. The number of rotatable bonds is 7. The van der Waals surface area contributed by atoms with E-state index in [1.807, 2.05) is 0 Å². The van der Waals surface area contributed by atoms with E-state index in [9.17, 15) is 13.2 Å². The molecular formula is C20H17ClF3N3O2. The van der Waals surface area contributed by atoms with Crippen molar-refractivity contribution in [2.75, 3.05) is 6.61 Å². The van der Waals surface area contributed by atoms with Crippen LogP contribution in [0.1, 0.15) is 29.4 Å². The van der Waals surface area contributed by atoms with E-state index in [0.29, 0.717) is 17.2 Å². The molecule has 0 spiro atoms. The van der Waals surface area contributed by atoms with Crippen LogP contribution in [-0.2, 0) is 19.2 Å². The van der Waals surface area contributed by atoms with Crippen molar-refractivity contribution in [3.05, 3.63) is 76.1 Å². The summed E-state index contributed by atoms with van der Waals surface area (Å²) in [6.45, 7) is 2.28. The number of alkyl halides is 3. The molecule has 0 aliphatic heterocycles. The average Bonchev–Trinajstić information content (AvgIpc) is 2.67. The summed E-state index contributed by atoms with van der Waals surface area (Å²) in [4.78, 5) is 12.4. The molecule has 29 heavy (non-hydrogen) atoms. The molecular weight excluding hydrogens is 407 g/mol. The monoisotopic (exact) mass is 423 g/mol. The summed E-state index contributed by atoms with van der Waals surface area (Å²) in [6.07, 6.45) is -4.34. The number of benzene rings is 2. The highest BCUT2D eigenvalue weighted by Gasteiger charge is 2.30. The van der Waals surface area contributed by atoms with E-state index in [1.165, 1.54) is 6.07 Å². The lowest BCUT2D eigenvalue weighted by atomic mass is 10.1. The highest BCUT2D eigenvalue weighted by molar-refractivity contribution is 6.30. The van der Waals surface area contributed by atoms with Crippen molar-refractivity contribution in [2.45, 2.75) is 26.1 Å². The van der Waals surface area contributed by atoms with Crippen LogP contribution in [-0.4, -0.2) is 21.6 Å². The molecule has 9 heteroatoms. The fourth-order valence-electron chi connectivity index (χ4n) is 2.48. The van der Waals surface area contributed by atoms with Gasteiger partial charge in [-0.3, -0.25) is 0 Å². The Morgan fingerprint density at radius 1 is 0.897 bits per heavy atom. The van der Waals surface area contributed by atoms with Crippen LogP contribution in [0.3, 0.4) is 0 Å². The number of hydrogen-bond donors (Lipinski definition) is 0. The summed E-state index contributed by atoms with van der Waals surface area (Å²) in [6, 6.07) is 12.2. The molecule has 0 atom stereocenters. The molecule has 0 bridgehead atoms. The van der Waals surface area contributed by atoms with Gasteiger partial charge in [0.15, 0.2) is 0 Å². The van der Waals surface area contributed by atoms with Gasteiger partial charge in [0.1, 0.15) is 12.4 Å². The largest absolute Gasteiger partial charge is 0.464 e. The molecule has 2 aromatic carbocycles. The lowest BCUT2D eigenvalue weighted by molar-refractivity contribution is -0.137. The van der Waals surface area contributed by atoms with Crippen LogP contribution in [0.15, 0.2) is 48.5 Å². The second-order valence-electron chi connectivity index (χ2n) is 6.04. The van der Waals surface area contributed by atoms with Crippen LogP contribution in [0.4, 0.5) is 13.2 Å². The third-order valence-corrected chi connectivity index (χ3v) is 4.06. The Morgan fingerprint density at radius 2 is 1.59 bits per heavy atom. The zero-order valence-electron chi connectivity index (χ0n) is 15.4. The maximum atomic E-state index is 12.9. The zero-order chi connectivity index (χ0) is 20.9. The number of nitrogens with zero attached hydrogens (tertiary/aromatic N) is 3.